The number of alkyl carbamates (subject to hydrolysis) is 1. The van der Waals surface area contributed by atoms with E-state index in [-0.39, 0.29) is 17.6 Å². The number of ether oxygens (including phenoxy) is 2. The number of halogens is 1. The first-order chi connectivity index (χ1) is 19.6. The first kappa shape index (κ1) is 28.1. The van der Waals surface area contributed by atoms with E-state index in [2.05, 4.69) is 10.4 Å². The van der Waals surface area contributed by atoms with E-state index in [1.807, 2.05) is 68.4 Å². The van der Waals surface area contributed by atoms with Crippen molar-refractivity contribution in [2.75, 3.05) is 6.61 Å². The molecule has 1 aliphatic carbocycles. The largest absolute Gasteiger partial charge is 0.478 e. The minimum Gasteiger partial charge on any atom is -0.478 e. The van der Waals surface area contributed by atoms with E-state index < -0.39 is 17.5 Å². The van der Waals surface area contributed by atoms with E-state index in [9.17, 15) is 14.4 Å². The zero-order chi connectivity index (χ0) is 29.3. The Bertz CT molecular complexity index is 1630. The summed E-state index contributed by atoms with van der Waals surface area (Å²) in [4.78, 5) is 12.5. The summed E-state index contributed by atoms with van der Waals surface area (Å²) in [5, 5.41) is 22.7. The smallest absolute Gasteiger partial charge is 0.407 e. The SMILES string of the molecule is CCOc1c(-c2ccc3c(cnn3C)c2)c(-c2ccc(C#N)c(F)c2)nn1C1CCCC(NC(=O)OC(C)(C)C)C1. The van der Waals surface area contributed by atoms with Gasteiger partial charge in [-0.1, -0.05) is 12.1 Å². The minimum atomic E-state index is -0.606. The molecule has 2 aromatic heterocycles. The molecular weight excluding hydrogens is 523 g/mol. The molecule has 1 saturated carbocycles. The first-order valence-corrected chi connectivity index (χ1v) is 13.9. The van der Waals surface area contributed by atoms with Gasteiger partial charge in [-0.15, -0.1) is 0 Å². The van der Waals surface area contributed by atoms with Crippen molar-refractivity contribution < 1.29 is 18.7 Å². The maximum Gasteiger partial charge on any atom is 0.407 e. The van der Waals surface area contributed by atoms with Crippen molar-refractivity contribution in [3.8, 4) is 34.3 Å². The fraction of sp³-hybridized carbons (Fsp3) is 0.419. The van der Waals surface area contributed by atoms with E-state index in [1.54, 1.807) is 12.3 Å². The Balaban J connectivity index is 1.60. The molecule has 1 fully saturated rings. The molecule has 1 N–H and O–H groups in total. The maximum atomic E-state index is 14.8. The fourth-order valence-corrected chi connectivity index (χ4v) is 5.47. The second-order valence-electron chi connectivity index (χ2n) is 11.4. The van der Waals surface area contributed by atoms with Gasteiger partial charge in [0.05, 0.1) is 35.5 Å². The van der Waals surface area contributed by atoms with Crippen LogP contribution in [0.15, 0.2) is 42.6 Å². The average molecular weight is 559 g/mol. The van der Waals surface area contributed by atoms with Crippen molar-refractivity contribution in [2.45, 2.75) is 71.1 Å². The number of carbonyl (C=O) groups excluding carboxylic acids is 1. The number of rotatable bonds is 6. The lowest BCUT2D eigenvalue weighted by molar-refractivity contribution is 0.0484. The van der Waals surface area contributed by atoms with E-state index in [4.69, 9.17) is 14.6 Å². The van der Waals surface area contributed by atoms with Crippen LogP contribution >= 0.6 is 0 Å². The molecule has 0 saturated heterocycles. The highest BCUT2D eigenvalue weighted by Gasteiger charge is 2.32. The third-order valence-corrected chi connectivity index (χ3v) is 7.26. The summed E-state index contributed by atoms with van der Waals surface area (Å²) >= 11 is 0. The lowest BCUT2D eigenvalue weighted by Gasteiger charge is -2.31. The lowest BCUT2D eigenvalue weighted by Crippen LogP contribution is -2.41. The van der Waals surface area contributed by atoms with Gasteiger partial charge in [-0.25, -0.2) is 13.9 Å². The van der Waals surface area contributed by atoms with Crippen LogP contribution in [-0.4, -0.2) is 43.9 Å². The fourth-order valence-electron chi connectivity index (χ4n) is 5.47. The number of fused-ring (bicyclic) bond motifs is 1. The number of nitriles is 1. The van der Waals surface area contributed by atoms with Crippen LogP contribution in [0, 0.1) is 17.1 Å². The van der Waals surface area contributed by atoms with Gasteiger partial charge in [0, 0.05) is 24.0 Å². The van der Waals surface area contributed by atoms with Gasteiger partial charge in [0.15, 0.2) is 0 Å². The van der Waals surface area contributed by atoms with Crippen LogP contribution in [0.25, 0.3) is 33.3 Å². The second kappa shape index (κ2) is 11.2. The maximum absolute atomic E-state index is 14.8. The topological polar surface area (TPSA) is 107 Å². The van der Waals surface area contributed by atoms with Gasteiger partial charge < -0.3 is 14.8 Å². The summed E-state index contributed by atoms with van der Waals surface area (Å²) < 4.78 is 30.3. The molecule has 2 aromatic carbocycles. The molecule has 2 heterocycles. The van der Waals surface area contributed by atoms with E-state index in [0.717, 1.165) is 41.3 Å². The molecule has 0 bridgehead atoms. The summed E-state index contributed by atoms with van der Waals surface area (Å²) in [6.45, 7) is 7.84. The van der Waals surface area contributed by atoms with Crippen LogP contribution < -0.4 is 10.1 Å². The monoisotopic (exact) mass is 558 g/mol. The molecule has 4 aromatic rings. The number of carbonyl (C=O) groups is 1. The van der Waals surface area contributed by atoms with Gasteiger partial charge in [-0.3, -0.25) is 4.68 Å². The number of amides is 1. The van der Waals surface area contributed by atoms with Crippen LogP contribution in [0.2, 0.25) is 0 Å². The molecule has 2 unspecified atom stereocenters. The van der Waals surface area contributed by atoms with Gasteiger partial charge >= 0.3 is 6.09 Å². The minimum absolute atomic E-state index is 0.0279. The molecule has 214 valence electrons. The lowest BCUT2D eigenvalue weighted by atomic mass is 9.91. The van der Waals surface area contributed by atoms with Crippen molar-refractivity contribution in [3.63, 3.8) is 0 Å². The summed E-state index contributed by atoms with van der Waals surface area (Å²) in [5.74, 6) is -0.0242. The molecule has 41 heavy (non-hydrogen) atoms. The van der Waals surface area contributed by atoms with Crippen molar-refractivity contribution in [3.05, 3.63) is 54.0 Å². The standard InChI is InChI=1S/C31H35FN6O3/c1-6-40-29-27(19-12-13-26-22(14-19)18-34-37(26)5)28(20-10-11-21(17-33)25(32)15-20)36-38(29)24-9-7-8-23(16-24)35-30(39)41-31(2,3)4/h10-15,18,23-24H,6-9,16H2,1-5H3,(H,35,39). The average Bonchev–Trinajstić information content (AvgIpc) is 3.48. The number of benzene rings is 2. The van der Waals surface area contributed by atoms with E-state index in [0.29, 0.717) is 30.2 Å². The highest BCUT2D eigenvalue weighted by molar-refractivity contribution is 5.91. The van der Waals surface area contributed by atoms with E-state index in [1.165, 1.54) is 12.1 Å². The molecule has 0 aliphatic heterocycles. The number of hydrogen-bond donors (Lipinski definition) is 1. The molecular formula is C31H35FN6O3. The Kier molecular flexibility index (Phi) is 7.72. The molecule has 1 amide bonds. The van der Waals surface area contributed by atoms with E-state index >= 15 is 0 Å². The van der Waals surface area contributed by atoms with Gasteiger partial charge in [0.25, 0.3) is 0 Å². The third kappa shape index (κ3) is 5.89. The predicted molar refractivity (Wildman–Crippen MR) is 154 cm³/mol. The van der Waals surface area contributed by atoms with Crippen LogP contribution in [0.5, 0.6) is 5.88 Å². The summed E-state index contributed by atoms with van der Waals surface area (Å²) in [7, 11) is 1.89. The number of aryl methyl sites for hydroxylation is 1. The van der Waals surface area contributed by atoms with Crippen LogP contribution in [0.3, 0.4) is 0 Å². The Morgan fingerprint density at radius 2 is 1.98 bits per heavy atom. The van der Waals surface area contributed by atoms with Crippen molar-refractivity contribution in [1.29, 1.82) is 5.26 Å². The number of nitrogens with one attached hydrogen (secondary N) is 1. The quantitative estimate of drug-likeness (QED) is 0.289. The van der Waals surface area contributed by atoms with Crippen LogP contribution in [-0.2, 0) is 11.8 Å². The van der Waals surface area contributed by atoms with Gasteiger partial charge in [0.2, 0.25) is 5.88 Å². The molecule has 5 rings (SSSR count). The van der Waals surface area contributed by atoms with Gasteiger partial charge in [-0.2, -0.15) is 15.5 Å². The first-order valence-electron chi connectivity index (χ1n) is 13.9. The molecule has 10 heteroatoms. The zero-order valence-electron chi connectivity index (χ0n) is 24.1. The Labute approximate surface area is 238 Å². The molecule has 2 atom stereocenters. The highest BCUT2D eigenvalue weighted by Crippen LogP contribution is 2.44. The molecule has 9 nitrogen and oxygen atoms in total. The third-order valence-electron chi connectivity index (χ3n) is 7.26. The molecule has 1 aliphatic rings. The Hall–Kier alpha value is -4.39. The zero-order valence-corrected chi connectivity index (χ0v) is 24.1. The van der Waals surface area contributed by atoms with Crippen molar-refractivity contribution in [1.82, 2.24) is 24.9 Å². The normalized spacial score (nSPS) is 17.3. The van der Waals surface area contributed by atoms with Crippen LogP contribution in [0.4, 0.5) is 9.18 Å². The van der Waals surface area contributed by atoms with Crippen LogP contribution in [0.1, 0.15) is 65.0 Å². The molecule has 0 radical (unpaired) electrons. The van der Waals surface area contributed by atoms with Gasteiger partial charge in [0.1, 0.15) is 23.2 Å². The van der Waals surface area contributed by atoms with Gasteiger partial charge in [-0.05, 0) is 83.2 Å². The number of aromatic nitrogens is 4. The Morgan fingerprint density at radius 3 is 2.68 bits per heavy atom. The summed E-state index contributed by atoms with van der Waals surface area (Å²) in [5.41, 5.74) is 3.07. The summed E-state index contributed by atoms with van der Waals surface area (Å²) in [6.07, 6.45) is 4.57. The van der Waals surface area contributed by atoms with Crippen molar-refractivity contribution >= 4 is 17.0 Å². The number of nitrogens with zero attached hydrogens (tertiary/aromatic N) is 5. The predicted octanol–water partition coefficient (Wildman–Crippen LogP) is 6.52. The Morgan fingerprint density at radius 1 is 1.20 bits per heavy atom. The summed E-state index contributed by atoms with van der Waals surface area (Å²) in [6, 6.07) is 12.3. The van der Waals surface area contributed by atoms with Crippen molar-refractivity contribution in [2.24, 2.45) is 7.05 Å². The second-order valence-corrected chi connectivity index (χ2v) is 11.4. The molecule has 0 spiro atoms. The number of hydrogen-bond acceptors (Lipinski definition) is 6. The highest BCUT2D eigenvalue weighted by atomic mass is 19.1.